The summed E-state index contributed by atoms with van der Waals surface area (Å²) in [6.07, 6.45) is 1.26. The highest BCUT2D eigenvalue weighted by molar-refractivity contribution is 5.93. The summed E-state index contributed by atoms with van der Waals surface area (Å²) in [6.45, 7) is 5.99. The number of aliphatic carboxylic acids is 1. The molecule has 0 unspecified atom stereocenters. The highest BCUT2D eigenvalue weighted by Crippen LogP contribution is 2.19. The summed E-state index contributed by atoms with van der Waals surface area (Å²) in [6, 6.07) is 8.38. The van der Waals surface area contributed by atoms with Gasteiger partial charge in [0.25, 0.3) is 5.91 Å². The van der Waals surface area contributed by atoms with Gasteiger partial charge in [-0.15, -0.1) is 0 Å². The quantitative estimate of drug-likeness (QED) is 0.372. The van der Waals surface area contributed by atoms with Crippen LogP contribution in [0.2, 0.25) is 0 Å². The molecule has 2 amide bonds. The molecular weight excluding hydrogens is 362 g/mol. The summed E-state index contributed by atoms with van der Waals surface area (Å²) in [5, 5.41) is 24.7. The van der Waals surface area contributed by atoms with Gasteiger partial charge in [0.2, 0.25) is 11.6 Å². The Bertz CT molecular complexity index is 685. The lowest BCUT2D eigenvalue weighted by Gasteiger charge is -2.39. The Hall–Kier alpha value is -2.45. The zero-order valence-corrected chi connectivity index (χ0v) is 16.9. The van der Waals surface area contributed by atoms with Crippen LogP contribution in [0.15, 0.2) is 30.3 Å². The minimum Gasteiger partial charge on any atom is -0.480 e. The number of rotatable bonds is 10. The molecule has 8 heteroatoms. The van der Waals surface area contributed by atoms with Crippen LogP contribution >= 0.6 is 0 Å². The lowest BCUT2D eigenvalue weighted by molar-refractivity contribution is -0.160. The first-order chi connectivity index (χ1) is 12.9. The molecule has 0 aliphatic heterocycles. The highest BCUT2D eigenvalue weighted by atomic mass is 16.4. The molecule has 0 saturated carbocycles. The van der Waals surface area contributed by atoms with E-state index in [1.807, 2.05) is 30.3 Å². The number of carboxylic acid groups (broad SMARTS) is 1. The summed E-state index contributed by atoms with van der Waals surface area (Å²) in [7, 11) is 0. The first kappa shape index (κ1) is 23.6. The molecule has 1 aromatic carbocycles. The van der Waals surface area contributed by atoms with E-state index < -0.39 is 41.0 Å². The summed E-state index contributed by atoms with van der Waals surface area (Å²) in [4.78, 5) is 36.3. The van der Waals surface area contributed by atoms with Gasteiger partial charge in [0.15, 0.2) is 0 Å². The van der Waals surface area contributed by atoms with Crippen LogP contribution in [0.5, 0.6) is 0 Å². The molecule has 1 rings (SSSR count). The molecule has 0 aliphatic carbocycles. The summed E-state index contributed by atoms with van der Waals surface area (Å²) >= 11 is 0. The second-order valence-corrected chi connectivity index (χ2v) is 7.85. The Morgan fingerprint density at radius 3 is 2.18 bits per heavy atom. The number of carbonyl (C=O) groups excluding carboxylic acids is 2. The van der Waals surface area contributed by atoms with Crippen molar-refractivity contribution < 1.29 is 24.6 Å². The van der Waals surface area contributed by atoms with Crippen molar-refractivity contribution >= 4 is 17.8 Å². The molecule has 6 N–H and O–H groups in total. The van der Waals surface area contributed by atoms with Crippen LogP contribution in [0.25, 0.3) is 0 Å². The van der Waals surface area contributed by atoms with Crippen LogP contribution in [0, 0.1) is 5.92 Å². The van der Waals surface area contributed by atoms with Crippen molar-refractivity contribution in [1.82, 2.24) is 10.6 Å². The first-order valence-corrected chi connectivity index (χ1v) is 9.28. The molecular formula is C20H31N3O5. The molecule has 28 heavy (non-hydrogen) atoms. The van der Waals surface area contributed by atoms with Gasteiger partial charge in [0.05, 0.1) is 5.54 Å². The highest BCUT2D eigenvalue weighted by Gasteiger charge is 2.50. The number of carbonyl (C=O) groups is 3. The molecule has 0 aliphatic rings. The van der Waals surface area contributed by atoms with E-state index in [4.69, 9.17) is 5.73 Å². The van der Waals surface area contributed by atoms with Crippen molar-refractivity contribution in [2.24, 2.45) is 11.7 Å². The van der Waals surface area contributed by atoms with Crippen molar-refractivity contribution in [3.8, 4) is 0 Å². The third kappa shape index (κ3) is 6.31. The number of carboxylic acids is 1. The lowest BCUT2D eigenvalue weighted by atomic mass is 9.89. The fourth-order valence-corrected chi connectivity index (χ4v) is 2.63. The Morgan fingerprint density at radius 1 is 1.14 bits per heavy atom. The molecule has 0 saturated heterocycles. The minimum absolute atomic E-state index is 0.0765. The van der Waals surface area contributed by atoms with Gasteiger partial charge in [-0.3, -0.25) is 9.59 Å². The molecule has 2 atom stereocenters. The molecule has 8 nitrogen and oxygen atoms in total. The number of aliphatic hydroxyl groups is 1. The van der Waals surface area contributed by atoms with Gasteiger partial charge in [-0.25, -0.2) is 4.79 Å². The van der Waals surface area contributed by atoms with Gasteiger partial charge in [-0.1, -0.05) is 44.2 Å². The average molecular weight is 393 g/mol. The second-order valence-electron chi connectivity index (χ2n) is 7.85. The normalized spacial score (nSPS) is 14.8. The van der Waals surface area contributed by atoms with Crippen LogP contribution in [0.4, 0.5) is 0 Å². The van der Waals surface area contributed by atoms with Gasteiger partial charge in [0.1, 0.15) is 6.04 Å². The average Bonchev–Trinajstić information content (AvgIpc) is 2.58. The van der Waals surface area contributed by atoms with Crippen molar-refractivity contribution in [2.45, 2.75) is 64.3 Å². The van der Waals surface area contributed by atoms with Crippen LogP contribution in [0.3, 0.4) is 0 Å². The lowest BCUT2D eigenvalue weighted by Crippen LogP contribution is -2.73. The van der Waals surface area contributed by atoms with Crippen molar-refractivity contribution in [3.63, 3.8) is 0 Å². The van der Waals surface area contributed by atoms with E-state index in [0.29, 0.717) is 12.8 Å². The fraction of sp³-hybridized carbons (Fsp3) is 0.550. The number of aryl methyl sites for hydroxylation is 1. The van der Waals surface area contributed by atoms with Crippen molar-refractivity contribution in [3.05, 3.63) is 35.9 Å². The van der Waals surface area contributed by atoms with Gasteiger partial charge in [-0.05, 0) is 38.2 Å². The van der Waals surface area contributed by atoms with Crippen LogP contribution in [0.1, 0.15) is 46.1 Å². The van der Waals surface area contributed by atoms with Crippen LogP contribution < -0.4 is 16.4 Å². The molecule has 0 fully saturated rings. The Labute approximate surface area is 165 Å². The number of nitrogens with one attached hydrogen (secondary N) is 2. The van der Waals surface area contributed by atoms with Crippen molar-refractivity contribution in [1.29, 1.82) is 0 Å². The van der Waals surface area contributed by atoms with E-state index >= 15 is 0 Å². The SMILES string of the molecule is CC(C)[C@H](NC(=O)[C@@](O)(NC(=O)CCCc1ccccc1)C(C)(C)N)C(=O)O. The van der Waals surface area contributed by atoms with Crippen LogP contribution in [-0.4, -0.2) is 45.3 Å². The van der Waals surface area contributed by atoms with Gasteiger partial charge in [0, 0.05) is 6.42 Å². The summed E-state index contributed by atoms with van der Waals surface area (Å²) in [5.74, 6) is -3.27. The molecule has 0 bridgehead atoms. The number of nitrogens with two attached hydrogens (primary N) is 1. The third-order valence-corrected chi connectivity index (χ3v) is 4.51. The fourth-order valence-electron chi connectivity index (χ4n) is 2.63. The van der Waals surface area contributed by atoms with E-state index in [1.54, 1.807) is 13.8 Å². The molecule has 0 heterocycles. The topological polar surface area (TPSA) is 142 Å². The first-order valence-electron chi connectivity index (χ1n) is 9.28. The van der Waals surface area contributed by atoms with Gasteiger partial charge >= 0.3 is 5.97 Å². The van der Waals surface area contributed by atoms with Gasteiger partial charge < -0.3 is 26.6 Å². The zero-order valence-electron chi connectivity index (χ0n) is 16.9. The Kier molecular flexibility index (Phi) is 8.14. The standard InChI is InChI=1S/C20H31N3O5/c1-13(2)16(17(25)26)22-18(27)20(28,19(3,4)21)23-15(24)12-8-11-14-9-6-5-7-10-14/h5-7,9-10,13,16,28H,8,11-12,21H2,1-4H3,(H,22,27)(H,23,24)(H,25,26)/t16-,20-/m0/s1. The monoisotopic (exact) mass is 393 g/mol. The smallest absolute Gasteiger partial charge is 0.326 e. The summed E-state index contributed by atoms with van der Waals surface area (Å²) < 4.78 is 0. The van der Waals surface area contributed by atoms with E-state index in [9.17, 15) is 24.6 Å². The van der Waals surface area contributed by atoms with E-state index in [-0.39, 0.29) is 6.42 Å². The van der Waals surface area contributed by atoms with Crippen LogP contribution in [-0.2, 0) is 20.8 Å². The van der Waals surface area contributed by atoms with E-state index in [0.717, 1.165) is 5.56 Å². The van der Waals surface area contributed by atoms with E-state index in [2.05, 4.69) is 10.6 Å². The molecule has 1 aromatic rings. The Morgan fingerprint density at radius 2 is 1.71 bits per heavy atom. The third-order valence-electron chi connectivity index (χ3n) is 4.51. The second kappa shape index (κ2) is 9.66. The van der Waals surface area contributed by atoms with Crippen molar-refractivity contribution in [2.75, 3.05) is 0 Å². The number of amides is 2. The number of hydrogen-bond acceptors (Lipinski definition) is 5. The molecule has 0 radical (unpaired) electrons. The maximum atomic E-state index is 12.6. The molecule has 0 aromatic heterocycles. The number of benzene rings is 1. The zero-order chi connectivity index (χ0) is 21.5. The molecule has 0 spiro atoms. The minimum atomic E-state index is -2.46. The number of hydrogen-bond donors (Lipinski definition) is 5. The predicted molar refractivity (Wildman–Crippen MR) is 105 cm³/mol. The summed E-state index contributed by atoms with van der Waals surface area (Å²) in [5.41, 5.74) is 3.00. The predicted octanol–water partition coefficient (Wildman–Crippen LogP) is 0.777. The van der Waals surface area contributed by atoms with E-state index in [1.165, 1.54) is 13.8 Å². The van der Waals surface area contributed by atoms with Gasteiger partial charge in [-0.2, -0.15) is 0 Å². The Balaban J connectivity index is 2.81. The molecule has 156 valence electrons. The maximum Gasteiger partial charge on any atom is 0.326 e. The maximum absolute atomic E-state index is 12.6. The largest absolute Gasteiger partial charge is 0.480 e.